The minimum atomic E-state index is -4.34. The second-order valence-corrected chi connectivity index (χ2v) is 6.65. The Labute approximate surface area is 139 Å². The third kappa shape index (κ3) is 2.41. The van der Waals surface area contributed by atoms with Gasteiger partial charge in [0, 0.05) is 11.6 Å². The first kappa shape index (κ1) is 15.3. The number of hydrogen-bond acceptors (Lipinski definition) is 1. The minimum absolute atomic E-state index is 0.114. The summed E-state index contributed by atoms with van der Waals surface area (Å²) in [6.45, 7) is 2.04. The van der Waals surface area contributed by atoms with Crippen LogP contribution in [-0.4, -0.2) is 0 Å². The van der Waals surface area contributed by atoms with Crippen LogP contribution in [-0.2, 0) is 6.18 Å². The van der Waals surface area contributed by atoms with Gasteiger partial charge in [-0.15, -0.1) is 0 Å². The predicted octanol–water partition coefficient (Wildman–Crippen LogP) is 5.84. The van der Waals surface area contributed by atoms with E-state index in [0.717, 1.165) is 12.1 Å². The molecule has 0 fully saturated rings. The first-order chi connectivity index (χ1) is 11.4. The van der Waals surface area contributed by atoms with E-state index in [1.165, 1.54) is 23.3 Å². The Morgan fingerprint density at radius 3 is 2.62 bits per heavy atom. The molecule has 2 aromatic carbocycles. The largest absolute Gasteiger partial charge is 0.416 e. The predicted molar refractivity (Wildman–Crippen MR) is 89.0 cm³/mol. The SMILES string of the molecule is Cc1ccc2c(c1)[C@@H]1C=CC[C@H]1[C@@H](c1ccccc1C(F)(F)F)N2. The first-order valence-corrected chi connectivity index (χ1v) is 8.15. The summed E-state index contributed by atoms with van der Waals surface area (Å²) in [5, 5.41) is 3.38. The minimum Gasteiger partial charge on any atom is -0.378 e. The molecule has 0 bridgehead atoms. The van der Waals surface area contributed by atoms with E-state index >= 15 is 0 Å². The van der Waals surface area contributed by atoms with Crippen molar-refractivity contribution in [1.29, 1.82) is 0 Å². The molecule has 1 heterocycles. The molecule has 3 atom stereocenters. The quantitative estimate of drug-likeness (QED) is 0.648. The highest BCUT2D eigenvalue weighted by Crippen LogP contribution is 2.51. The summed E-state index contributed by atoms with van der Waals surface area (Å²) in [4.78, 5) is 0. The van der Waals surface area contributed by atoms with E-state index in [-0.39, 0.29) is 17.9 Å². The number of hydrogen-bond donors (Lipinski definition) is 1. The molecule has 1 aliphatic heterocycles. The molecule has 0 unspecified atom stereocenters. The van der Waals surface area contributed by atoms with E-state index in [1.54, 1.807) is 12.1 Å². The van der Waals surface area contributed by atoms with Crippen LogP contribution in [0.1, 0.15) is 40.6 Å². The topological polar surface area (TPSA) is 12.0 Å². The number of alkyl halides is 3. The van der Waals surface area contributed by atoms with Gasteiger partial charge in [0.05, 0.1) is 11.6 Å². The van der Waals surface area contributed by atoms with Crippen LogP contribution in [0, 0.1) is 12.8 Å². The fraction of sp³-hybridized carbons (Fsp3) is 0.300. The summed E-state index contributed by atoms with van der Waals surface area (Å²) in [5.41, 5.74) is 3.10. The summed E-state index contributed by atoms with van der Waals surface area (Å²) < 4.78 is 40.4. The van der Waals surface area contributed by atoms with E-state index in [0.29, 0.717) is 5.56 Å². The molecule has 1 N–H and O–H groups in total. The maximum Gasteiger partial charge on any atom is 0.416 e. The van der Waals surface area contributed by atoms with Crippen molar-refractivity contribution in [2.24, 2.45) is 5.92 Å². The molecule has 4 rings (SSSR count). The first-order valence-electron chi connectivity index (χ1n) is 8.15. The van der Waals surface area contributed by atoms with Crippen LogP contribution in [0.3, 0.4) is 0 Å². The van der Waals surface area contributed by atoms with Crippen molar-refractivity contribution in [3.8, 4) is 0 Å². The van der Waals surface area contributed by atoms with Gasteiger partial charge in [0.15, 0.2) is 0 Å². The van der Waals surface area contributed by atoms with Crippen LogP contribution in [0.4, 0.5) is 18.9 Å². The lowest BCUT2D eigenvalue weighted by Gasteiger charge is -2.38. The molecule has 1 nitrogen and oxygen atoms in total. The van der Waals surface area contributed by atoms with Crippen molar-refractivity contribution in [3.63, 3.8) is 0 Å². The lowest BCUT2D eigenvalue weighted by Crippen LogP contribution is -2.30. The van der Waals surface area contributed by atoms with Crippen LogP contribution in [0.15, 0.2) is 54.6 Å². The molecule has 0 amide bonds. The average Bonchev–Trinajstić information content (AvgIpc) is 3.03. The van der Waals surface area contributed by atoms with E-state index in [4.69, 9.17) is 0 Å². The summed E-state index contributed by atoms with van der Waals surface area (Å²) in [5.74, 6) is 0.287. The van der Waals surface area contributed by atoms with Gasteiger partial charge < -0.3 is 5.32 Å². The highest BCUT2D eigenvalue weighted by Gasteiger charge is 2.42. The van der Waals surface area contributed by atoms with Gasteiger partial charge in [0.2, 0.25) is 0 Å². The Bertz CT molecular complexity index is 807. The normalized spacial score (nSPS) is 25.1. The third-order valence-electron chi connectivity index (χ3n) is 5.12. The maximum atomic E-state index is 13.5. The van der Waals surface area contributed by atoms with Crippen molar-refractivity contribution in [2.45, 2.75) is 31.5 Å². The van der Waals surface area contributed by atoms with Gasteiger partial charge in [-0.05, 0) is 42.5 Å². The van der Waals surface area contributed by atoms with Gasteiger partial charge in [-0.1, -0.05) is 48.0 Å². The van der Waals surface area contributed by atoms with Crippen LogP contribution >= 0.6 is 0 Å². The van der Waals surface area contributed by atoms with Crippen molar-refractivity contribution < 1.29 is 13.2 Å². The lowest BCUT2D eigenvalue weighted by atomic mass is 9.76. The van der Waals surface area contributed by atoms with Gasteiger partial charge in [0.25, 0.3) is 0 Å². The number of halogens is 3. The van der Waals surface area contributed by atoms with Gasteiger partial charge in [-0.2, -0.15) is 13.2 Å². The Kier molecular flexibility index (Phi) is 3.44. The number of fused-ring (bicyclic) bond motifs is 3. The van der Waals surface area contributed by atoms with E-state index in [2.05, 4.69) is 23.5 Å². The average molecular weight is 329 g/mol. The fourth-order valence-electron chi connectivity index (χ4n) is 4.05. The molecule has 4 heteroatoms. The molecule has 2 aromatic rings. The fourth-order valence-corrected chi connectivity index (χ4v) is 4.05. The Morgan fingerprint density at radius 2 is 1.83 bits per heavy atom. The van der Waals surface area contributed by atoms with Crippen molar-refractivity contribution in [3.05, 3.63) is 76.9 Å². The summed E-state index contributed by atoms with van der Waals surface area (Å²) >= 11 is 0. The molecule has 0 spiro atoms. The van der Waals surface area contributed by atoms with E-state index in [9.17, 15) is 13.2 Å². The second kappa shape index (κ2) is 5.40. The number of anilines is 1. The van der Waals surface area contributed by atoms with Crippen LogP contribution in [0.5, 0.6) is 0 Å². The van der Waals surface area contributed by atoms with Crippen LogP contribution in [0.2, 0.25) is 0 Å². The highest BCUT2D eigenvalue weighted by molar-refractivity contribution is 5.61. The summed E-state index contributed by atoms with van der Waals surface area (Å²) in [6, 6.07) is 11.7. The molecule has 2 aliphatic rings. The van der Waals surface area contributed by atoms with Crippen molar-refractivity contribution >= 4 is 5.69 Å². The van der Waals surface area contributed by atoms with E-state index in [1.807, 2.05) is 19.1 Å². The molecule has 0 saturated carbocycles. The number of nitrogens with one attached hydrogen (secondary N) is 1. The van der Waals surface area contributed by atoms with Crippen LogP contribution in [0.25, 0.3) is 0 Å². The summed E-state index contributed by atoms with van der Waals surface area (Å²) in [7, 11) is 0. The second-order valence-electron chi connectivity index (χ2n) is 6.65. The molecule has 0 saturated heterocycles. The van der Waals surface area contributed by atoms with Gasteiger partial charge >= 0.3 is 6.18 Å². The van der Waals surface area contributed by atoms with Crippen molar-refractivity contribution in [1.82, 2.24) is 0 Å². The highest BCUT2D eigenvalue weighted by atomic mass is 19.4. The standard InChI is InChI=1S/C20H18F3N/c1-12-9-10-18-16(11-12)13-6-4-7-14(13)19(24-18)15-5-2-3-8-17(15)20(21,22)23/h2-6,8-11,13-14,19,24H,7H2,1H3/t13-,14-,19+/m1/s1. The zero-order valence-corrected chi connectivity index (χ0v) is 13.3. The monoisotopic (exact) mass is 329 g/mol. The van der Waals surface area contributed by atoms with Gasteiger partial charge in [-0.25, -0.2) is 0 Å². The molecule has 124 valence electrons. The van der Waals surface area contributed by atoms with Gasteiger partial charge in [-0.3, -0.25) is 0 Å². The Balaban J connectivity index is 1.83. The Hall–Kier alpha value is -2.23. The lowest BCUT2D eigenvalue weighted by molar-refractivity contribution is -0.138. The molecular formula is C20H18F3N. The van der Waals surface area contributed by atoms with Crippen molar-refractivity contribution in [2.75, 3.05) is 5.32 Å². The molecule has 0 radical (unpaired) electrons. The Morgan fingerprint density at radius 1 is 1.04 bits per heavy atom. The van der Waals surface area contributed by atoms with Gasteiger partial charge in [0.1, 0.15) is 0 Å². The molecule has 1 aliphatic carbocycles. The third-order valence-corrected chi connectivity index (χ3v) is 5.12. The number of rotatable bonds is 1. The smallest absolute Gasteiger partial charge is 0.378 e. The number of allylic oxidation sites excluding steroid dienone is 2. The molecule has 24 heavy (non-hydrogen) atoms. The van der Waals surface area contributed by atoms with E-state index < -0.39 is 11.7 Å². The molecule has 0 aromatic heterocycles. The maximum absolute atomic E-state index is 13.5. The number of aryl methyl sites for hydroxylation is 1. The molecular weight excluding hydrogens is 311 g/mol. The zero-order chi connectivity index (χ0) is 16.9. The summed E-state index contributed by atoms with van der Waals surface area (Å²) in [6.07, 6.45) is 0.694. The van der Waals surface area contributed by atoms with Crippen LogP contribution < -0.4 is 5.32 Å². The zero-order valence-electron chi connectivity index (χ0n) is 13.3. The number of benzene rings is 2.